The average Bonchev–Trinajstić information content (AvgIpc) is 2.78. The molecule has 7 nitrogen and oxygen atoms in total. The van der Waals surface area contributed by atoms with Gasteiger partial charge in [-0.05, 0) is 75.7 Å². The number of rotatable bonds is 7. The van der Waals surface area contributed by atoms with Gasteiger partial charge < -0.3 is 20.1 Å². The number of amides is 1. The molecule has 1 aliphatic carbocycles. The smallest absolute Gasteiger partial charge is 0.308 e. The lowest BCUT2D eigenvalue weighted by Gasteiger charge is -2.27. The molecule has 2 fully saturated rings. The van der Waals surface area contributed by atoms with Crippen LogP contribution in [-0.4, -0.2) is 55.2 Å². The summed E-state index contributed by atoms with van der Waals surface area (Å²) in [4.78, 5) is 24.9. The lowest BCUT2D eigenvalue weighted by atomic mass is 9.86. The van der Waals surface area contributed by atoms with Crippen molar-refractivity contribution in [3.05, 3.63) is 23.8 Å². The van der Waals surface area contributed by atoms with Crippen LogP contribution in [-0.2, 0) is 20.3 Å². The molecule has 1 saturated carbocycles. The van der Waals surface area contributed by atoms with E-state index in [9.17, 15) is 13.8 Å². The van der Waals surface area contributed by atoms with Crippen molar-refractivity contribution in [2.75, 3.05) is 33.1 Å². The topological polar surface area (TPSA) is 93.7 Å². The molecule has 1 saturated heterocycles. The molecule has 1 amide bonds. The van der Waals surface area contributed by atoms with Gasteiger partial charge in [-0.25, -0.2) is 0 Å². The van der Waals surface area contributed by atoms with Crippen LogP contribution < -0.4 is 15.4 Å². The van der Waals surface area contributed by atoms with Crippen LogP contribution >= 0.6 is 0 Å². The predicted octanol–water partition coefficient (Wildman–Crippen LogP) is 2.26. The zero-order chi connectivity index (χ0) is 21.5. The molecule has 1 atom stereocenters. The molecule has 1 aromatic carbocycles. The van der Waals surface area contributed by atoms with E-state index in [0.717, 1.165) is 38.8 Å². The van der Waals surface area contributed by atoms with Crippen molar-refractivity contribution in [3.8, 4) is 5.75 Å². The largest absolute Gasteiger partial charge is 0.492 e. The van der Waals surface area contributed by atoms with Crippen LogP contribution in [0.2, 0.25) is 0 Å². The minimum Gasteiger partial charge on any atom is -0.492 e. The summed E-state index contributed by atoms with van der Waals surface area (Å²) < 4.78 is 23.0. The quantitative estimate of drug-likeness (QED) is 0.637. The highest BCUT2D eigenvalue weighted by atomic mass is 32.2. The third-order valence-corrected chi connectivity index (χ3v) is 6.98. The van der Waals surface area contributed by atoms with E-state index >= 15 is 0 Å². The van der Waals surface area contributed by atoms with Crippen LogP contribution in [0.1, 0.15) is 48.9 Å². The van der Waals surface area contributed by atoms with Gasteiger partial charge in [-0.1, -0.05) is 0 Å². The van der Waals surface area contributed by atoms with Crippen molar-refractivity contribution in [1.82, 2.24) is 10.6 Å². The number of benzene rings is 1. The van der Waals surface area contributed by atoms with Crippen LogP contribution in [0.4, 0.5) is 0 Å². The molecule has 2 N–H and O–H groups in total. The van der Waals surface area contributed by atoms with Crippen LogP contribution in [0, 0.1) is 11.8 Å². The summed E-state index contributed by atoms with van der Waals surface area (Å²) in [6.45, 7) is 2.60. The first-order valence-corrected chi connectivity index (χ1v) is 12.2. The van der Waals surface area contributed by atoms with Crippen molar-refractivity contribution in [3.63, 3.8) is 0 Å². The lowest BCUT2D eigenvalue weighted by Crippen LogP contribution is -2.39. The fourth-order valence-electron chi connectivity index (χ4n) is 4.16. The van der Waals surface area contributed by atoms with Gasteiger partial charge in [-0.3, -0.25) is 13.8 Å². The minimum absolute atomic E-state index is 0.0322. The number of carbonyl (C=O) groups is 2. The molecule has 166 valence electrons. The van der Waals surface area contributed by atoms with Gasteiger partial charge in [-0.2, -0.15) is 0 Å². The maximum atomic E-state index is 12.7. The van der Waals surface area contributed by atoms with Crippen LogP contribution in [0.15, 0.2) is 23.1 Å². The monoisotopic (exact) mass is 436 g/mol. The highest BCUT2D eigenvalue weighted by Crippen LogP contribution is 2.27. The molecular formula is C22H32N2O5S. The van der Waals surface area contributed by atoms with E-state index in [-0.39, 0.29) is 23.8 Å². The third-order valence-electron chi connectivity index (χ3n) is 6.05. The van der Waals surface area contributed by atoms with Crippen molar-refractivity contribution in [2.24, 2.45) is 11.8 Å². The Morgan fingerprint density at radius 3 is 2.47 bits per heavy atom. The highest BCUT2D eigenvalue weighted by Gasteiger charge is 2.28. The van der Waals surface area contributed by atoms with Gasteiger partial charge in [0.1, 0.15) is 5.75 Å². The van der Waals surface area contributed by atoms with Crippen molar-refractivity contribution >= 4 is 22.7 Å². The Kier molecular flexibility index (Phi) is 8.27. The first-order valence-electron chi connectivity index (χ1n) is 10.7. The number of hydrogen-bond acceptors (Lipinski definition) is 6. The van der Waals surface area contributed by atoms with Gasteiger partial charge in [0.15, 0.2) is 0 Å². The molecule has 1 heterocycles. The van der Waals surface area contributed by atoms with E-state index in [1.807, 2.05) is 0 Å². The number of ether oxygens (including phenoxy) is 2. The number of hydrogen-bond donors (Lipinski definition) is 2. The fourth-order valence-corrected chi connectivity index (χ4v) is 4.86. The molecule has 1 aromatic rings. The first-order chi connectivity index (χ1) is 14.5. The number of methoxy groups -OCH3 is 1. The predicted molar refractivity (Wildman–Crippen MR) is 115 cm³/mol. The molecule has 30 heavy (non-hydrogen) atoms. The van der Waals surface area contributed by atoms with E-state index in [4.69, 9.17) is 9.47 Å². The molecule has 0 spiro atoms. The number of piperidine rings is 1. The molecule has 8 heteroatoms. The summed E-state index contributed by atoms with van der Waals surface area (Å²) in [6.07, 6.45) is 6.66. The second kappa shape index (κ2) is 10.9. The Morgan fingerprint density at radius 2 is 1.83 bits per heavy atom. The number of nitrogens with one attached hydrogen (secondary N) is 2. The third kappa shape index (κ3) is 6.04. The van der Waals surface area contributed by atoms with E-state index < -0.39 is 10.8 Å². The van der Waals surface area contributed by atoms with Crippen LogP contribution in [0.5, 0.6) is 5.75 Å². The van der Waals surface area contributed by atoms with Gasteiger partial charge in [0.2, 0.25) is 0 Å². The molecular weight excluding hydrogens is 404 g/mol. The van der Waals surface area contributed by atoms with Gasteiger partial charge >= 0.3 is 5.97 Å². The second-order valence-corrected chi connectivity index (χ2v) is 9.51. The summed E-state index contributed by atoms with van der Waals surface area (Å²) in [7, 11) is 0.148. The average molecular weight is 437 g/mol. The summed E-state index contributed by atoms with van der Waals surface area (Å²) in [5, 5.41) is 6.38. The van der Waals surface area contributed by atoms with Gasteiger partial charge in [0.25, 0.3) is 5.91 Å². The fraction of sp³-hybridized carbons (Fsp3) is 0.636. The molecule has 0 aromatic heterocycles. The molecule has 0 radical (unpaired) electrons. The Bertz CT molecular complexity index is 771. The van der Waals surface area contributed by atoms with Crippen molar-refractivity contribution in [1.29, 1.82) is 0 Å². The lowest BCUT2D eigenvalue weighted by molar-refractivity contribution is -0.146. The van der Waals surface area contributed by atoms with Gasteiger partial charge in [-0.15, -0.1) is 0 Å². The Balaban J connectivity index is 1.58. The molecule has 3 rings (SSSR count). The Hall–Kier alpha value is -1.93. The molecule has 1 unspecified atom stereocenters. The maximum Gasteiger partial charge on any atom is 0.308 e. The summed E-state index contributed by atoms with van der Waals surface area (Å²) in [5.41, 5.74) is 0.476. The maximum absolute atomic E-state index is 12.7. The van der Waals surface area contributed by atoms with Crippen LogP contribution in [0.3, 0.4) is 0 Å². The first kappa shape index (κ1) is 22.7. The van der Waals surface area contributed by atoms with Crippen molar-refractivity contribution in [2.45, 2.75) is 49.5 Å². The normalized spacial score (nSPS) is 23.4. The highest BCUT2D eigenvalue weighted by molar-refractivity contribution is 7.84. The Morgan fingerprint density at radius 1 is 1.13 bits per heavy atom. The van der Waals surface area contributed by atoms with E-state index in [0.29, 0.717) is 41.6 Å². The number of carbonyl (C=O) groups excluding carboxylic acids is 2. The van der Waals surface area contributed by atoms with E-state index in [1.54, 1.807) is 24.5 Å². The van der Waals surface area contributed by atoms with Crippen LogP contribution in [0.25, 0.3) is 0 Å². The summed E-state index contributed by atoms with van der Waals surface area (Å²) in [6, 6.07) is 5.18. The minimum atomic E-state index is -1.26. The van der Waals surface area contributed by atoms with Crippen molar-refractivity contribution < 1.29 is 23.3 Å². The zero-order valence-electron chi connectivity index (χ0n) is 17.8. The molecule has 2 aliphatic rings. The standard InChI is InChI=1S/C22H32N2O5S/c1-28-22(26)16-3-6-18(7-4-16)24-21(25)17-5-8-19(20(13-17)30(2)27)29-14-15-9-11-23-12-10-15/h5,8,13,15-16,18,23H,3-4,6-7,9-12,14H2,1-2H3,(H,24,25). The number of esters is 1. The second-order valence-electron chi connectivity index (χ2n) is 8.17. The molecule has 1 aliphatic heterocycles. The van der Waals surface area contributed by atoms with E-state index in [1.165, 1.54) is 7.11 Å². The van der Waals surface area contributed by atoms with Gasteiger partial charge in [0.05, 0.1) is 35.3 Å². The van der Waals surface area contributed by atoms with E-state index in [2.05, 4.69) is 10.6 Å². The zero-order valence-corrected chi connectivity index (χ0v) is 18.6. The Labute approximate surface area is 180 Å². The summed E-state index contributed by atoms with van der Waals surface area (Å²) >= 11 is 0. The van der Waals surface area contributed by atoms with Gasteiger partial charge in [0, 0.05) is 17.9 Å². The SMILES string of the molecule is COC(=O)C1CCC(NC(=O)c2ccc(OCC3CCNCC3)c(S(C)=O)c2)CC1. The molecule has 0 bridgehead atoms. The summed E-state index contributed by atoms with van der Waals surface area (Å²) in [5.74, 6) is 0.647.